The summed E-state index contributed by atoms with van der Waals surface area (Å²) in [7, 11) is 0. The molecule has 0 aliphatic heterocycles. The van der Waals surface area contributed by atoms with Gasteiger partial charge in [-0.2, -0.15) is 0 Å². The van der Waals surface area contributed by atoms with Gasteiger partial charge in [0.1, 0.15) is 6.21 Å². The molecule has 0 spiro atoms. The van der Waals surface area contributed by atoms with E-state index in [2.05, 4.69) is 13.8 Å². The van der Waals surface area contributed by atoms with Gasteiger partial charge in [-0.05, 0) is 12.8 Å². The molecule has 0 fully saturated rings. The van der Waals surface area contributed by atoms with Crippen molar-refractivity contribution < 1.29 is 14.9 Å². The Hall–Kier alpha value is -0.410. The molecule has 0 amide bonds. The van der Waals surface area contributed by atoms with Crippen molar-refractivity contribution in [3.63, 3.8) is 0 Å². The average Bonchev–Trinajstić information content (AvgIpc) is 2.75. The van der Waals surface area contributed by atoms with Gasteiger partial charge in [-0.25, -0.2) is 0 Å². The van der Waals surface area contributed by atoms with Crippen LogP contribution in [0.5, 0.6) is 0 Å². The Labute approximate surface area is 189 Å². The SMILES string of the molecule is CCCCCCCCCCCCOC(CC=[NH2+])OCCCCCCCCCCCC. The Kier molecular flexibility index (Phi) is 26.3. The molecule has 180 valence electrons. The van der Waals surface area contributed by atoms with Crippen LogP contribution in [-0.2, 0) is 9.47 Å². The Bertz CT molecular complexity index is 296. The molecule has 0 bridgehead atoms. The summed E-state index contributed by atoms with van der Waals surface area (Å²) in [4.78, 5) is 0. The maximum Gasteiger partial charge on any atom is 0.166 e. The van der Waals surface area contributed by atoms with Crippen molar-refractivity contribution in [2.24, 2.45) is 0 Å². The van der Waals surface area contributed by atoms with Crippen LogP contribution in [0.25, 0.3) is 0 Å². The molecule has 0 aromatic heterocycles. The summed E-state index contributed by atoms with van der Waals surface area (Å²) < 4.78 is 11.8. The molecule has 2 N–H and O–H groups in total. The minimum Gasteiger partial charge on any atom is -0.352 e. The molecular formula is C27H56NO2+. The highest BCUT2D eigenvalue weighted by atomic mass is 16.7. The zero-order valence-electron chi connectivity index (χ0n) is 20.8. The third-order valence-electron chi connectivity index (χ3n) is 5.93. The summed E-state index contributed by atoms with van der Waals surface area (Å²) in [6.45, 7) is 6.16. The molecule has 3 nitrogen and oxygen atoms in total. The summed E-state index contributed by atoms with van der Waals surface area (Å²) in [6.07, 6.45) is 29.3. The number of unbranched alkanes of at least 4 members (excludes halogenated alkanes) is 18. The zero-order valence-corrected chi connectivity index (χ0v) is 20.8. The second kappa shape index (κ2) is 26.6. The van der Waals surface area contributed by atoms with E-state index in [9.17, 15) is 0 Å². The van der Waals surface area contributed by atoms with Crippen LogP contribution in [0.15, 0.2) is 0 Å². The standard InChI is InChI=1S/C27H55NO2/c1-3-5-7-9-11-13-15-17-19-21-25-29-27(23-24-28)30-26-22-20-18-16-14-12-10-8-6-4-2/h24,27-28H,3-23,25-26H2,1-2H3/p+1. The fraction of sp³-hybridized carbons (Fsp3) is 0.963. The minimum atomic E-state index is -0.146. The molecule has 0 saturated carbocycles. The van der Waals surface area contributed by atoms with Crippen LogP contribution in [0.1, 0.15) is 149 Å². The maximum absolute atomic E-state index is 5.91. The van der Waals surface area contributed by atoms with Gasteiger partial charge >= 0.3 is 0 Å². The molecule has 0 aliphatic carbocycles. The Morgan fingerprint density at radius 1 is 0.500 bits per heavy atom. The molecule has 30 heavy (non-hydrogen) atoms. The number of hydrogen-bond acceptors (Lipinski definition) is 2. The highest BCUT2D eigenvalue weighted by Crippen LogP contribution is 2.12. The molecular weight excluding hydrogens is 370 g/mol. The van der Waals surface area contributed by atoms with E-state index in [1.165, 1.54) is 116 Å². The van der Waals surface area contributed by atoms with E-state index in [-0.39, 0.29) is 6.29 Å². The van der Waals surface area contributed by atoms with Gasteiger partial charge in [0.15, 0.2) is 6.29 Å². The van der Waals surface area contributed by atoms with Crippen molar-refractivity contribution in [3.8, 4) is 0 Å². The first kappa shape index (κ1) is 29.6. The first-order valence-electron chi connectivity index (χ1n) is 13.6. The van der Waals surface area contributed by atoms with Crippen molar-refractivity contribution in [2.45, 2.75) is 155 Å². The lowest BCUT2D eigenvalue weighted by Gasteiger charge is -2.16. The van der Waals surface area contributed by atoms with Crippen molar-refractivity contribution in [1.29, 1.82) is 0 Å². The van der Waals surface area contributed by atoms with E-state index in [1.807, 2.05) is 0 Å². The molecule has 0 rings (SSSR count). The number of nitrogens with two attached hydrogens (primary N) is 1. The van der Waals surface area contributed by atoms with E-state index in [0.29, 0.717) is 6.42 Å². The lowest BCUT2D eigenvalue weighted by atomic mass is 10.1. The lowest BCUT2D eigenvalue weighted by Crippen LogP contribution is -2.33. The highest BCUT2D eigenvalue weighted by molar-refractivity contribution is 5.49. The largest absolute Gasteiger partial charge is 0.352 e. The van der Waals surface area contributed by atoms with Gasteiger partial charge in [-0.15, -0.1) is 0 Å². The van der Waals surface area contributed by atoms with E-state index >= 15 is 0 Å². The number of rotatable bonds is 26. The van der Waals surface area contributed by atoms with Gasteiger partial charge in [0.05, 0.1) is 6.42 Å². The smallest absolute Gasteiger partial charge is 0.166 e. The highest BCUT2D eigenvalue weighted by Gasteiger charge is 2.09. The zero-order chi connectivity index (χ0) is 22.0. The van der Waals surface area contributed by atoms with Crippen LogP contribution in [0.2, 0.25) is 0 Å². The van der Waals surface area contributed by atoms with E-state index in [1.54, 1.807) is 6.21 Å². The Balaban J connectivity index is 3.41. The molecule has 3 heteroatoms. The second-order valence-corrected chi connectivity index (χ2v) is 9.01. The summed E-state index contributed by atoms with van der Waals surface area (Å²) in [5, 5.41) is 5.60. The van der Waals surface area contributed by atoms with Crippen LogP contribution in [0, 0.1) is 0 Å². The first-order valence-corrected chi connectivity index (χ1v) is 13.6. The summed E-state index contributed by atoms with van der Waals surface area (Å²) in [6, 6.07) is 0. The molecule has 0 aromatic carbocycles. The number of hydrogen-bond donors (Lipinski definition) is 1. The maximum atomic E-state index is 5.91. The van der Waals surface area contributed by atoms with E-state index < -0.39 is 0 Å². The summed E-state index contributed by atoms with van der Waals surface area (Å²) >= 11 is 0. The van der Waals surface area contributed by atoms with Crippen LogP contribution < -0.4 is 5.41 Å². The average molecular weight is 427 g/mol. The second-order valence-electron chi connectivity index (χ2n) is 9.01. The van der Waals surface area contributed by atoms with E-state index in [4.69, 9.17) is 14.9 Å². The Morgan fingerprint density at radius 2 is 0.800 bits per heavy atom. The predicted octanol–water partition coefficient (Wildman–Crippen LogP) is 7.41. The fourth-order valence-electron chi connectivity index (χ4n) is 3.90. The van der Waals surface area contributed by atoms with Crippen molar-refractivity contribution in [3.05, 3.63) is 0 Å². The molecule has 0 unspecified atom stereocenters. The first-order chi connectivity index (χ1) is 14.8. The third-order valence-corrected chi connectivity index (χ3v) is 5.93. The van der Waals surface area contributed by atoms with Crippen molar-refractivity contribution >= 4 is 6.21 Å². The third kappa shape index (κ3) is 23.9. The van der Waals surface area contributed by atoms with Crippen LogP contribution >= 0.6 is 0 Å². The topological polar surface area (TPSA) is 44.0 Å². The van der Waals surface area contributed by atoms with Gasteiger partial charge in [0.2, 0.25) is 0 Å². The molecule has 0 saturated heterocycles. The molecule has 0 radical (unpaired) electrons. The Morgan fingerprint density at radius 3 is 1.10 bits per heavy atom. The van der Waals surface area contributed by atoms with Gasteiger partial charge in [-0.1, -0.05) is 129 Å². The molecule has 0 aromatic rings. The molecule has 0 aliphatic rings. The van der Waals surface area contributed by atoms with Gasteiger partial charge in [-0.3, -0.25) is 5.41 Å². The predicted molar refractivity (Wildman–Crippen MR) is 132 cm³/mol. The van der Waals surface area contributed by atoms with E-state index in [0.717, 1.165) is 26.1 Å². The van der Waals surface area contributed by atoms with Crippen molar-refractivity contribution in [1.82, 2.24) is 0 Å². The van der Waals surface area contributed by atoms with Crippen molar-refractivity contribution in [2.75, 3.05) is 13.2 Å². The molecule has 0 heterocycles. The quantitative estimate of drug-likeness (QED) is 0.0889. The fourth-order valence-corrected chi connectivity index (χ4v) is 3.90. The molecule has 0 atom stereocenters. The normalized spacial score (nSPS) is 11.4. The van der Waals surface area contributed by atoms with Crippen LogP contribution in [0.3, 0.4) is 0 Å². The monoisotopic (exact) mass is 426 g/mol. The number of ether oxygens (including phenoxy) is 2. The minimum absolute atomic E-state index is 0.146. The van der Waals surface area contributed by atoms with Crippen LogP contribution in [-0.4, -0.2) is 25.7 Å². The van der Waals surface area contributed by atoms with Gasteiger partial charge < -0.3 is 9.47 Å². The van der Waals surface area contributed by atoms with Gasteiger partial charge in [0.25, 0.3) is 0 Å². The van der Waals surface area contributed by atoms with Gasteiger partial charge in [0, 0.05) is 13.2 Å². The lowest BCUT2D eigenvalue weighted by molar-refractivity contribution is -0.151. The summed E-state index contributed by atoms with van der Waals surface area (Å²) in [5.74, 6) is 0. The van der Waals surface area contributed by atoms with Crippen LogP contribution in [0.4, 0.5) is 0 Å². The summed E-state index contributed by atoms with van der Waals surface area (Å²) in [5.41, 5.74) is 0.